The molecule has 1 aliphatic heterocycles. The number of nitrogens with zero attached hydrogens (tertiary/aromatic N) is 3. The third-order valence-electron chi connectivity index (χ3n) is 3.91. The number of hydrogen-bond acceptors (Lipinski definition) is 5. The average molecular weight is 305 g/mol. The van der Waals surface area contributed by atoms with Crippen LogP contribution in [0.2, 0.25) is 0 Å². The minimum Gasteiger partial charge on any atom is -0.347 e. The van der Waals surface area contributed by atoms with Gasteiger partial charge in [0.1, 0.15) is 0 Å². The smallest absolute Gasteiger partial charge is 0.250 e. The number of thiazole rings is 1. The lowest BCUT2D eigenvalue weighted by atomic mass is 9.97. The summed E-state index contributed by atoms with van der Waals surface area (Å²) in [6.07, 6.45) is 1.91. The van der Waals surface area contributed by atoms with Gasteiger partial charge >= 0.3 is 0 Å². The molecule has 2 aromatic rings. The number of anilines is 1. The molecule has 0 saturated carbocycles. The van der Waals surface area contributed by atoms with Crippen molar-refractivity contribution in [3.63, 3.8) is 0 Å². The van der Waals surface area contributed by atoms with Gasteiger partial charge in [0, 0.05) is 20.1 Å². The number of rotatable bonds is 3. The monoisotopic (exact) mass is 305 g/mol. The van der Waals surface area contributed by atoms with Gasteiger partial charge < -0.3 is 4.90 Å². The first-order valence-corrected chi connectivity index (χ1v) is 7.93. The number of hydroxylamine groups is 2. The maximum absolute atomic E-state index is 12.2. The van der Waals surface area contributed by atoms with Crippen LogP contribution in [0.4, 0.5) is 5.13 Å². The predicted octanol–water partition coefficient (Wildman–Crippen LogP) is 2.53. The van der Waals surface area contributed by atoms with E-state index in [-0.39, 0.29) is 11.8 Å². The van der Waals surface area contributed by atoms with Gasteiger partial charge in [-0.1, -0.05) is 23.5 Å². The summed E-state index contributed by atoms with van der Waals surface area (Å²) in [7, 11) is 3.19. The highest BCUT2D eigenvalue weighted by Gasteiger charge is 2.29. The molecule has 1 atom stereocenters. The number of piperidine rings is 1. The molecular formula is C15H19N3O2S. The molecule has 3 rings (SSSR count). The molecule has 1 fully saturated rings. The molecule has 1 unspecified atom stereocenters. The van der Waals surface area contributed by atoms with Crippen LogP contribution in [-0.4, -0.2) is 43.2 Å². The lowest BCUT2D eigenvalue weighted by Crippen LogP contribution is -2.43. The summed E-state index contributed by atoms with van der Waals surface area (Å²) >= 11 is 1.69. The normalized spacial score (nSPS) is 19.0. The van der Waals surface area contributed by atoms with Crippen LogP contribution < -0.4 is 4.90 Å². The summed E-state index contributed by atoms with van der Waals surface area (Å²) in [6, 6.07) is 8.14. The lowest BCUT2D eigenvalue weighted by Gasteiger charge is -2.33. The molecule has 1 aromatic carbocycles. The van der Waals surface area contributed by atoms with Gasteiger partial charge in [0.2, 0.25) is 0 Å². The fourth-order valence-corrected chi connectivity index (χ4v) is 3.70. The van der Waals surface area contributed by atoms with E-state index < -0.39 is 0 Å². The number of fused-ring (bicyclic) bond motifs is 1. The number of aromatic nitrogens is 1. The van der Waals surface area contributed by atoms with E-state index in [1.54, 1.807) is 18.4 Å². The van der Waals surface area contributed by atoms with E-state index in [4.69, 9.17) is 4.84 Å². The van der Waals surface area contributed by atoms with Crippen LogP contribution >= 0.6 is 11.3 Å². The van der Waals surface area contributed by atoms with E-state index in [0.717, 1.165) is 30.0 Å². The fourth-order valence-electron chi connectivity index (χ4n) is 2.69. The van der Waals surface area contributed by atoms with Crippen LogP contribution in [0, 0.1) is 5.92 Å². The molecule has 1 saturated heterocycles. The molecule has 0 spiro atoms. The number of hydrogen-bond donors (Lipinski definition) is 0. The van der Waals surface area contributed by atoms with Crippen LogP contribution in [0.15, 0.2) is 24.3 Å². The Hall–Kier alpha value is -1.66. The van der Waals surface area contributed by atoms with E-state index in [2.05, 4.69) is 16.0 Å². The van der Waals surface area contributed by atoms with E-state index in [1.165, 1.54) is 16.9 Å². The standard InChI is InChI=1S/C15H19N3O2S/c1-17(20-2)14(19)11-6-5-9-18(10-11)15-16-12-7-3-4-8-13(12)21-15/h3-4,7-8,11H,5-6,9-10H2,1-2H3. The summed E-state index contributed by atoms with van der Waals surface area (Å²) in [4.78, 5) is 24.1. The molecule has 21 heavy (non-hydrogen) atoms. The van der Waals surface area contributed by atoms with Gasteiger partial charge in [0.05, 0.1) is 23.2 Å². The number of para-hydroxylation sites is 1. The lowest BCUT2D eigenvalue weighted by molar-refractivity contribution is -0.173. The fraction of sp³-hybridized carbons (Fsp3) is 0.467. The summed E-state index contributed by atoms with van der Waals surface area (Å²) in [5, 5.41) is 2.33. The van der Waals surface area contributed by atoms with Crippen molar-refractivity contribution in [2.45, 2.75) is 12.8 Å². The van der Waals surface area contributed by atoms with Gasteiger partial charge in [-0.25, -0.2) is 10.0 Å². The van der Waals surface area contributed by atoms with Gasteiger partial charge in [0.25, 0.3) is 5.91 Å². The summed E-state index contributed by atoms with van der Waals surface area (Å²) in [6.45, 7) is 1.67. The SMILES string of the molecule is CON(C)C(=O)C1CCCN(c2nc3ccccc3s2)C1. The summed E-state index contributed by atoms with van der Waals surface area (Å²) in [5.41, 5.74) is 1.03. The zero-order valence-electron chi connectivity index (χ0n) is 12.3. The van der Waals surface area contributed by atoms with Crippen LogP contribution in [0.5, 0.6) is 0 Å². The zero-order valence-corrected chi connectivity index (χ0v) is 13.1. The van der Waals surface area contributed by atoms with Crippen molar-refractivity contribution in [2.75, 3.05) is 32.1 Å². The number of carbonyl (C=O) groups is 1. The first kappa shape index (κ1) is 14.3. The predicted molar refractivity (Wildman–Crippen MR) is 84.3 cm³/mol. The topological polar surface area (TPSA) is 45.7 Å². The minimum absolute atomic E-state index is 0.0179. The molecule has 112 valence electrons. The Kier molecular flexibility index (Phi) is 4.07. The van der Waals surface area contributed by atoms with Crippen LogP contribution in [0.25, 0.3) is 10.2 Å². The third kappa shape index (κ3) is 2.87. The van der Waals surface area contributed by atoms with Crippen molar-refractivity contribution in [2.24, 2.45) is 5.92 Å². The van der Waals surface area contributed by atoms with Crippen molar-refractivity contribution in [1.29, 1.82) is 0 Å². The van der Waals surface area contributed by atoms with Crippen molar-refractivity contribution >= 4 is 32.6 Å². The molecule has 0 aliphatic carbocycles. The van der Waals surface area contributed by atoms with E-state index in [0.29, 0.717) is 6.54 Å². The quantitative estimate of drug-likeness (QED) is 0.818. The minimum atomic E-state index is -0.0179. The highest BCUT2D eigenvalue weighted by atomic mass is 32.1. The summed E-state index contributed by atoms with van der Waals surface area (Å²) < 4.78 is 1.19. The maximum atomic E-state index is 12.2. The van der Waals surface area contributed by atoms with Gasteiger partial charge in [-0.05, 0) is 25.0 Å². The Bertz CT molecular complexity index is 610. The zero-order chi connectivity index (χ0) is 14.8. The largest absolute Gasteiger partial charge is 0.347 e. The van der Waals surface area contributed by atoms with Crippen LogP contribution in [0.1, 0.15) is 12.8 Å². The van der Waals surface area contributed by atoms with Gasteiger partial charge in [-0.15, -0.1) is 0 Å². The first-order chi connectivity index (χ1) is 10.2. The second kappa shape index (κ2) is 5.99. The highest BCUT2D eigenvalue weighted by Crippen LogP contribution is 2.31. The third-order valence-corrected chi connectivity index (χ3v) is 5.01. The Morgan fingerprint density at radius 2 is 2.29 bits per heavy atom. The Balaban J connectivity index is 1.78. The maximum Gasteiger partial charge on any atom is 0.250 e. The van der Waals surface area contributed by atoms with E-state index in [1.807, 2.05) is 18.2 Å². The van der Waals surface area contributed by atoms with Gasteiger partial charge in [-0.3, -0.25) is 9.63 Å². The first-order valence-electron chi connectivity index (χ1n) is 7.11. The number of amides is 1. The molecule has 6 heteroatoms. The molecule has 5 nitrogen and oxygen atoms in total. The molecule has 0 radical (unpaired) electrons. The van der Waals surface area contributed by atoms with Crippen LogP contribution in [0.3, 0.4) is 0 Å². The molecule has 1 aromatic heterocycles. The molecule has 1 amide bonds. The van der Waals surface area contributed by atoms with Crippen molar-refractivity contribution < 1.29 is 9.63 Å². The van der Waals surface area contributed by atoms with Crippen molar-refractivity contribution in [3.05, 3.63) is 24.3 Å². The molecule has 2 heterocycles. The summed E-state index contributed by atoms with van der Waals surface area (Å²) in [5.74, 6) is 0.0269. The van der Waals surface area contributed by atoms with E-state index in [9.17, 15) is 4.79 Å². The second-order valence-electron chi connectivity index (χ2n) is 5.27. The average Bonchev–Trinajstić information content (AvgIpc) is 2.97. The van der Waals surface area contributed by atoms with Crippen molar-refractivity contribution in [1.82, 2.24) is 10.0 Å². The second-order valence-corrected chi connectivity index (χ2v) is 6.28. The molecule has 1 aliphatic rings. The van der Waals surface area contributed by atoms with Crippen molar-refractivity contribution in [3.8, 4) is 0 Å². The van der Waals surface area contributed by atoms with Gasteiger partial charge in [0.15, 0.2) is 5.13 Å². The number of carbonyl (C=O) groups excluding carboxylic acids is 1. The number of benzene rings is 1. The molecule has 0 N–H and O–H groups in total. The van der Waals surface area contributed by atoms with Crippen LogP contribution in [-0.2, 0) is 9.63 Å². The highest BCUT2D eigenvalue weighted by molar-refractivity contribution is 7.22. The molecular weight excluding hydrogens is 286 g/mol. The Labute approximate surface area is 128 Å². The Morgan fingerprint density at radius 1 is 1.48 bits per heavy atom. The molecule has 0 bridgehead atoms. The Morgan fingerprint density at radius 3 is 3.05 bits per heavy atom. The van der Waals surface area contributed by atoms with E-state index >= 15 is 0 Å². The van der Waals surface area contributed by atoms with Gasteiger partial charge in [-0.2, -0.15) is 0 Å².